The maximum absolute atomic E-state index is 9.11. The van der Waals surface area contributed by atoms with E-state index in [-0.39, 0.29) is 12.2 Å². The molecule has 7 nitrogen and oxygen atoms in total. The van der Waals surface area contributed by atoms with Crippen molar-refractivity contribution in [2.75, 3.05) is 11.9 Å². The number of nitrogens with one attached hydrogen (secondary N) is 1. The fourth-order valence-corrected chi connectivity index (χ4v) is 2.43. The van der Waals surface area contributed by atoms with Gasteiger partial charge in [-0.05, 0) is 38.5 Å². The van der Waals surface area contributed by atoms with Crippen LogP contribution in [0.25, 0.3) is 11.0 Å². The predicted octanol–water partition coefficient (Wildman–Crippen LogP) is 2.88. The highest BCUT2D eigenvalue weighted by molar-refractivity contribution is 5.88. The molecule has 2 N–H and O–H groups in total. The quantitative estimate of drug-likeness (QED) is 0.717. The number of fused-ring (bicyclic) bond motifs is 1. The fraction of sp³-hybridized carbons (Fsp3) is 0.389. The Morgan fingerprint density at radius 2 is 2.08 bits per heavy atom. The Morgan fingerprint density at radius 3 is 2.84 bits per heavy atom. The summed E-state index contributed by atoms with van der Waals surface area (Å²) in [5.41, 5.74) is 2.52. The van der Waals surface area contributed by atoms with E-state index >= 15 is 0 Å². The van der Waals surface area contributed by atoms with Crippen molar-refractivity contribution in [3.8, 4) is 0 Å². The van der Waals surface area contributed by atoms with Crippen molar-refractivity contribution in [3.05, 3.63) is 42.4 Å². The number of aromatic nitrogens is 4. The molecular formula is C18H23N5O2. The molecule has 7 heteroatoms. The zero-order valence-corrected chi connectivity index (χ0v) is 14.7. The van der Waals surface area contributed by atoms with E-state index in [0.717, 1.165) is 16.6 Å². The average Bonchev–Trinajstić information content (AvgIpc) is 2.98. The number of benzene rings is 1. The number of hydrogen-bond donors (Lipinski definition) is 2. The maximum atomic E-state index is 9.11. The molecule has 0 fully saturated rings. The Kier molecular flexibility index (Phi) is 4.96. The molecule has 1 aromatic carbocycles. The van der Waals surface area contributed by atoms with Crippen molar-refractivity contribution < 1.29 is 9.84 Å². The second-order valence-electron chi connectivity index (χ2n) is 6.78. The minimum absolute atomic E-state index is 0.0133. The molecule has 0 radical (unpaired) electrons. The van der Waals surface area contributed by atoms with Gasteiger partial charge in [-0.1, -0.05) is 12.1 Å². The van der Waals surface area contributed by atoms with E-state index in [1.807, 2.05) is 45.0 Å². The Morgan fingerprint density at radius 1 is 1.24 bits per heavy atom. The third kappa shape index (κ3) is 4.32. The Hall–Kier alpha value is -2.51. The van der Waals surface area contributed by atoms with Crippen LogP contribution in [-0.2, 0) is 17.9 Å². The topological polar surface area (TPSA) is 85.1 Å². The van der Waals surface area contributed by atoms with Gasteiger partial charge in [-0.15, -0.1) is 0 Å². The summed E-state index contributed by atoms with van der Waals surface area (Å²) in [6.45, 7) is 7.08. The highest BCUT2D eigenvalue weighted by Gasteiger charge is 2.12. The first-order valence-corrected chi connectivity index (χ1v) is 8.23. The molecule has 0 saturated carbocycles. The summed E-state index contributed by atoms with van der Waals surface area (Å²) in [6.07, 6.45) is 3.20. The van der Waals surface area contributed by atoms with Gasteiger partial charge in [-0.25, -0.2) is 14.6 Å². The fourth-order valence-electron chi connectivity index (χ4n) is 2.43. The molecule has 0 atom stereocenters. The molecule has 0 bridgehead atoms. The van der Waals surface area contributed by atoms with Crippen LogP contribution in [0.3, 0.4) is 0 Å². The number of aliphatic hydroxyl groups is 1. The third-order valence-electron chi connectivity index (χ3n) is 3.61. The van der Waals surface area contributed by atoms with Crippen molar-refractivity contribution in [2.24, 2.45) is 0 Å². The monoisotopic (exact) mass is 341 g/mol. The van der Waals surface area contributed by atoms with Gasteiger partial charge in [0.05, 0.1) is 36.9 Å². The zero-order valence-electron chi connectivity index (χ0n) is 14.7. The van der Waals surface area contributed by atoms with Gasteiger partial charge in [-0.3, -0.25) is 0 Å². The Balaban J connectivity index is 1.82. The Labute approximate surface area is 146 Å². The van der Waals surface area contributed by atoms with Gasteiger partial charge in [-0.2, -0.15) is 5.10 Å². The first-order chi connectivity index (χ1) is 12.0. The van der Waals surface area contributed by atoms with Gasteiger partial charge < -0.3 is 15.2 Å². The van der Waals surface area contributed by atoms with Crippen molar-refractivity contribution in [3.63, 3.8) is 0 Å². The van der Waals surface area contributed by atoms with Gasteiger partial charge in [0, 0.05) is 5.69 Å². The number of rotatable bonds is 6. The molecule has 3 aromatic rings. The third-order valence-corrected chi connectivity index (χ3v) is 3.61. The highest BCUT2D eigenvalue weighted by Crippen LogP contribution is 2.23. The molecule has 2 aromatic heterocycles. The zero-order chi connectivity index (χ0) is 17.9. The summed E-state index contributed by atoms with van der Waals surface area (Å²) in [4.78, 5) is 8.58. The van der Waals surface area contributed by atoms with Crippen LogP contribution in [-0.4, -0.2) is 37.1 Å². The summed E-state index contributed by atoms with van der Waals surface area (Å²) >= 11 is 0. The lowest BCUT2D eigenvalue weighted by molar-refractivity contribution is -0.0149. The van der Waals surface area contributed by atoms with Crippen molar-refractivity contribution in [1.29, 1.82) is 0 Å². The molecule has 3 rings (SSSR count). The van der Waals surface area contributed by atoms with Crippen LogP contribution in [0.15, 0.2) is 36.8 Å². The molecule has 0 amide bonds. The summed E-state index contributed by atoms with van der Waals surface area (Å²) in [5.74, 6) is 0.683. The van der Waals surface area contributed by atoms with E-state index in [1.165, 1.54) is 6.33 Å². The smallest absolute Gasteiger partial charge is 0.163 e. The largest absolute Gasteiger partial charge is 0.394 e. The van der Waals surface area contributed by atoms with Gasteiger partial charge >= 0.3 is 0 Å². The predicted molar refractivity (Wildman–Crippen MR) is 96.7 cm³/mol. The maximum Gasteiger partial charge on any atom is 0.163 e. The number of aliphatic hydroxyl groups excluding tert-OH is 1. The first kappa shape index (κ1) is 17.3. The van der Waals surface area contributed by atoms with Crippen molar-refractivity contribution >= 4 is 22.5 Å². The SMILES string of the molecule is CC(C)(C)OCc1cccc(Nc2ncnc3c2cnn3CCO)c1. The normalized spacial score (nSPS) is 11.8. The molecule has 0 aliphatic carbocycles. The van der Waals surface area contributed by atoms with E-state index in [2.05, 4.69) is 20.4 Å². The standard InChI is InChI=1S/C18H23N5O2/c1-18(2,3)25-11-13-5-4-6-14(9-13)22-16-15-10-21-23(7-8-24)17(15)20-12-19-16/h4-6,9-10,12,24H,7-8,11H2,1-3H3,(H,19,20,22). The lowest BCUT2D eigenvalue weighted by Crippen LogP contribution is -2.18. The van der Waals surface area contributed by atoms with Crippen molar-refractivity contribution in [1.82, 2.24) is 19.7 Å². The van der Waals surface area contributed by atoms with Crippen LogP contribution in [0.5, 0.6) is 0 Å². The van der Waals surface area contributed by atoms with Crippen LogP contribution in [0.1, 0.15) is 26.3 Å². The summed E-state index contributed by atoms with van der Waals surface area (Å²) in [5, 5.41) is 17.5. The summed E-state index contributed by atoms with van der Waals surface area (Å²) in [6, 6.07) is 8.04. The number of nitrogens with zero attached hydrogens (tertiary/aromatic N) is 4. The van der Waals surface area contributed by atoms with E-state index < -0.39 is 0 Å². The summed E-state index contributed by atoms with van der Waals surface area (Å²) < 4.78 is 7.49. The lowest BCUT2D eigenvalue weighted by atomic mass is 10.1. The van der Waals surface area contributed by atoms with Crippen LogP contribution in [0.4, 0.5) is 11.5 Å². The van der Waals surface area contributed by atoms with Crippen LogP contribution >= 0.6 is 0 Å². The van der Waals surface area contributed by atoms with Gasteiger partial charge in [0.1, 0.15) is 12.1 Å². The molecule has 0 saturated heterocycles. The number of ether oxygens (including phenoxy) is 1. The van der Waals surface area contributed by atoms with Gasteiger partial charge in [0.25, 0.3) is 0 Å². The minimum Gasteiger partial charge on any atom is -0.394 e. The van der Waals surface area contributed by atoms with E-state index in [0.29, 0.717) is 24.6 Å². The number of anilines is 2. The Bertz CT molecular complexity index is 854. The number of hydrogen-bond acceptors (Lipinski definition) is 6. The molecule has 2 heterocycles. The van der Waals surface area contributed by atoms with Crippen LogP contribution in [0, 0.1) is 0 Å². The molecule has 0 unspecified atom stereocenters. The van der Waals surface area contributed by atoms with E-state index in [9.17, 15) is 0 Å². The second kappa shape index (κ2) is 7.16. The van der Waals surface area contributed by atoms with E-state index in [1.54, 1.807) is 10.9 Å². The molecule has 0 aliphatic heterocycles. The first-order valence-electron chi connectivity index (χ1n) is 8.23. The molecule has 0 aliphatic rings. The van der Waals surface area contributed by atoms with Crippen LogP contribution < -0.4 is 5.32 Å². The van der Waals surface area contributed by atoms with Crippen LogP contribution in [0.2, 0.25) is 0 Å². The van der Waals surface area contributed by atoms with Crippen molar-refractivity contribution in [2.45, 2.75) is 39.5 Å². The summed E-state index contributed by atoms with van der Waals surface area (Å²) in [7, 11) is 0. The molecule has 132 valence electrons. The molecule has 25 heavy (non-hydrogen) atoms. The molecule has 0 spiro atoms. The molecular weight excluding hydrogens is 318 g/mol. The highest BCUT2D eigenvalue weighted by atomic mass is 16.5. The van der Waals surface area contributed by atoms with Gasteiger partial charge in [0.15, 0.2) is 5.65 Å². The lowest BCUT2D eigenvalue weighted by Gasteiger charge is -2.19. The average molecular weight is 341 g/mol. The van der Waals surface area contributed by atoms with Gasteiger partial charge in [0.2, 0.25) is 0 Å². The minimum atomic E-state index is -0.177. The second-order valence-corrected chi connectivity index (χ2v) is 6.78. The van der Waals surface area contributed by atoms with E-state index in [4.69, 9.17) is 9.84 Å².